The smallest absolute Gasteiger partial charge is 0.404 e. The average Bonchev–Trinajstić information content (AvgIpc) is 3.91. The minimum absolute atomic E-state index is 0.00768. The van der Waals surface area contributed by atoms with E-state index in [-0.39, 0.29) is 77.1 Å². The second-order valence-electron chi connectivity index (χ2n) is 22.3. The number of fused-ring (bicyclic) bond motifs is 17. The van der Waals surface area contributed by atoms with Crippen molar-refractivity contribution in [2.75, 3.05) is 33.9 Å². The summed E-state index contributed by atoms with van der Waals surface area (Å²) in [5.74, 6) is -1.91. The minimum atomic E-state index is -1.62. The molecular weight excluding hydrogens is 993 g/mol. The third-order valence-corrected chi connectivity index (χ3v) is 18.0. The number of methoxy groups -OCH3 is 1. The molecule has 0 spiro atoms. The summed E-state index contributed by atoms with van der Waals surface area (Å²) in [6, 6.07) is 16.6. The Morgan fingerprint density at radius 2 is 1.44 bits per heavy atom. The Balaban J connectivity index is 0.000000129. The lowest BCUT2D eigenvalue weighted by Crippen LogP contribution is -2.60. The number of aromatic amines is 2. The molecule has 5 aliphatic carbocycles. The summed E-state index contributed by atoms with van der Waals surface area (Å²) in [5.41, 5.74) is 16.8. The number of nitrogens with zero attached hydrogens (tertiary/aromatic N) is 4. The van der Waals surface area contributed by atoms with Crippen LogP contribution in [0.25, 0.3) is 46.4 Å². The number of ether oxygens (including phenoxy) is 2. The van der Waals surface area contributed by atoms with Gasteiger partial charge in [0, 0.05) is 76.1 Å². The summed E-state index contributed by atoms with van der Waals surface area (Å²) in [5, 5.41) is 20.5. The van der Waals surface area contributed by atoms with Crippen LogP contribution in [0.2, 0.25) is 0 Å². The number of aliphatic hydroxyl groups is 2. The highest BCUT2D eigenvalue weighted by atomic mass is 16.6. The van der Waals surface area contributed by atoms with Gasteiger partial charge in [-0.25, -0.2) is 14.8 Å². The number of allylic oxidation sites excluding steroid dienone is 6. The monoisotopic (exact) mass is 1060 g/mol. The van der Waals surface area contributed by atoms with Crippen LogP contribution in [0.15, 0.2) is 94.9 Å². The quantitative estimate of drug-likeness (QED) is 0.0827. The van der Waals surface area contributed by atoms with E-state index in [0.29, 0.717) is 25.1 Å². The predicted molar refractivity (Wildman–Crippen MR) is 293 cm³/mol. The van der Waals surface area contributed by atoms with Crippen LogP contribution >= 0.6 is 0 Å². The van der Waals surface area contributed by atoms with Crippen molar-refractivity contribution in [3.63, 3.8) is 0 Å². The number of carbonyl (C=O) groups excluding carboxylic acids is 6. The highest BCUT2D eigenvalue weighted by molar-refractivity contribution is 6.25. The summed E-state index contributed by atoms with van der Waals surface area (Å²) < 4.78 is 10.9. The molecule has 1 amide bonds. The number of ketones is 5. The Hall–Kier alpha value is -7.38. The number of primary amides is 1. The van der Waals surface area contributed by atoms with E-state index in [1.165, 1.54) is 7.11 Å². The zero-order valence-corrected chi connectivity index (χ0v) is 44.8. The van der Waals surface area contributed by atoms with Gasteiger partial charge in [-0.05, 0) is 136 Å². The predicted octanol–water partition coefficient (Wildman–Crippen LogP) is 6.34. The zero-order chi connectivity index (χ0) is 55.8. The van der Waals surface area contributed by atoms with Gasteiger partial charge in [0.15, 0.2) is 17.3 Å². The third-order valence-electron chi connectivity index (χ3n) is 18.0. The van der Waals surface area contributed by atoms with E-state index in [2.05, 4.69) is 56.0 Å². The number of hydrogen-bond acceptors (Lipinski definition) is 15. The minimum Gasteiger partial charge on any atom is -0.449 e. The van der Waals surface area contributed by atoms with E-state index in [4.69, 9.17) is 20.9 Å². The van der Waals surface area contributed by atoms with Gasteiger partial charge in [0.05, 0.1) is 46.1 Å². The summed E-state index contributed by atoms with van der Waals surface area (Å²) in [7, 11) is 3.49. The number of nitrogens with one attached hydrogen (secondary N) is 2. The van der Waals surface area contributed by atoms with E-state index >= 15 is 0 Å². The van der Waals surface area contributed by atoms with Gasteiger partial charge in [0.25, 0.3) is 0 Å². The molecule has 1 radical (unpaired) electrons. The van der Waals surface area contributed by atoms with Gasteiger partial charge in [-0.3, -0.25) is 28.9 Å². The topological polar surface area (TPSA) is 277 Å². The normalized spacial score (nSPS) is 32.2. The van der Waals surface area contributed by atoms with Crippen LogP contribution in [0.3, 0.4) is 0 Å². The lowest BCUT2D eigenvalue weighted by Gasteiger charge is -2.56. The van der Waals surface area contributed by atoms with E-state index < -0.39 is 52.3 Å². The molecule has 11 atom stereocenters. The number of hydrogen-bond donors (Lipinski definition) is 6. The van der Waals surface area contributed by atoms with Gasteiger partial charge in [0.2, 0.25) is 11.6 Å². The molecule has 0 aromatic carbocycles. The fraction of sp³-hybridized carbons (Fsp3) is 0.417. The van der Waals surface area contributed by atoms with E-state index in [1.807, 2.05) is 87.4 Å². The van der Waals surface area contributed by atoms with E-state index in [9.17, 15) is 39.0 Å². The van der Waals surface area contributed by atoms with Crippen molar-refractivity contribution in [3.05, 3.63) is 125 Å². The largest absolute Gasteiger partial charge is 0.449 e. The maximum atomic E-state index is 13.3. The fourth-order valence-corrected chi connectivity index (χ4v) is 14.3. The fourth-order valence-electron chi connectivity index (χ4n) is 14.3. The molecule has 2 saturated heterocycles. The Labute approximate surface area is 452 Å². The molecule has 18 heteroatoms. The summed E-state index contributed by atoms with van der Waals surface area (Å²) in [4.78, 5) is 94.2. The van der Waals surface area contributed by atoms with E-state index in [0.717, 1.165) is 69.7 Å². The van der Waals surface area contributed by atoms with Crippen molar-refractivity contribution < 1.29 is 48.5 Å². The summed E-state index contributed by atoms with van der Waals surface area (Å²) in [6.07, 6.45) is 16.0. The Morgan fingerprint density at radius 3 is 1.95 bits per heavy atom. The molecule has 78 heavy (non-hydrogen) atoms. The Kier molecular flexibility index (Phi) is 13.9. The first-order valence-electron chi connectivity index (χ1n) is 26.6. The van der Waals surface area contributed by atoms with Crippen LogP contribution in [0.1, 0.15) is 89.0 Å². The number of aliphatic hydroxyl groups excluding tert-OH is 1. The van der Waals surface area contributed by atoms with Crippen molar-refractivity contribution in [3.8, 4) is 0 Å². The third kappa shape index (κ3) is 8.73. The SMILES string of the molecule is C1=Cc2cc3ccc(cc4nc(cc5ccc(cc1n2)[nH]5)C=C4)[nH]3.CO[C@@]12[C@H](COC(N)=O)C3=C(C(=O)C(C)=C(N)C3=O)N1C[C@H]1[C@@H]2N1C.C[C@]12C=CC(=O)C=C1CC[C@@H]1[C@@H]2C(=O)C[C@@]2(C)[C@H]1CC[C@]2(O)C(=O)CO.[CH2]CC. The van der Waals surface area contributed by atoms with Crippen LogP contribution in [0.4, 0.5) is 4.79 Å². The lowest BCUT2D eigenvalue weighted by atomic mass is 9.46. The van der Waals surface area contributed by atoms with Gasteiger partial charge < -0.3 is 46.0 Å². The van der Waals surface area contributed by atoms with Crippen molar-refractivity contribution in [2.24, 2.45) is 46.0 Å². The van der Waals surface area contributed by atoms with Gasteiger partial charge in [-0.15, -0.1) is 0 Å². The maximum absolute atomic E-state index is 13.3. The molecule has 8 bridgehead atoms. The zero-order valence-electron chi connectivity index (χ0n) is 44.8. The second-order valence-corrected chi connectivity index (χ2v) is 22.3. The molecule has 8 heterocycles. The number of carbonyl (C=O) groups is 6. The molecule has 5 aliphatic heterocycles. The Morgan fingerprint density at radius 1 is 0.885 bits per heavy atom. The molecule has 10 aliphatic rings. The molecule has 3 aromatic heterocycles. The molecular formula is C60H67N8O10. The van der Waals surface area contributed by atoms with Crippen molar-refractivity contribution in [1.82, 2.24) is 29.7 Å². The number of H-pyrrole nitrogens is 2. The molecule has 3 aromatic rings. The molecule has 1 unspecified atom stereocenters. The number of rotatable bonds is 5. The van der Waals surface area contributed by atoms with Crippen LogP contribution in [-0.2, 0) is 33.4 Å². The van der Waals surface area contributed by atoms with Crippen LogP contribution in [0.5, 0.6) is 0 Å². The van der Waals surface area contributed by atoms with Gasteiger partial charge in [0.1, 0.15) is 24.6 Å². The second kappa shape index (κ2) is 20.1. The number of nitrogens with two attached hydrogens (primary N) is 2. The molecule has 18 nitrogen and oxygen atoms in total. The van der Waals surface area contributed by atoms with E-state index in [1.54, 1.807) is 19.1 Å². The maximum Gasteiger partial charge on any atom is 0.404 e. The van der Waals surface area contributed by atoms with Crippen molar-refractivity contribution in [1.29, 1.82) is 0 Å². The number of aromatic nitrogens is 4. The molecule has 3 saturated carbocycles. The van der Waals surface area contributed by atoms with Gasteiger partial charge >= 0.3 is 6.09 Å². The van der Waals surface area contributed by atoms with Crippen LogP contribution in [0, 0.1) is 41.4 Å². The number of piperazine rings is 1. The highest BCUT2D eigenvalue weighted by Crippen LogP contribution is 2.66. The first-order chi connectivity index (χ1) is 37.2. The van der Waals surface area contributed by atoms with Crippen molar-refractivity contribution in [2.45, 2.75) is 89.6 Å². The number of amides is 1. The van der Waals surface area contributed by atoms with Gasteiger partial charge in [-0.1, -0.05) is 45.8 Å². The standard InChI is InChI=1S/C21H26O5.C20H14N4.C16H20N4O5.C3H7/c1-19-7-5-13(23)9-12(19)3-4-14-15-6-8-21(26,17(25)11-22)20(15,2)10-16(24)18(14)19;1-2-14-10-16-5-6-18(23-16)12-20-8-7-19(24-20)11-17-4-3-15(22-17)9-13(1)21-14;1-6-10(17)13(22)9-7(5-25-15(18)23)16(24-3)14-8(19(14)2)4-20(16)11(9)12(6)21;1-3-2/h5,7,9,14-15,18,22,26H,3-4,6,8,10-11H2,1-2H3;1-12,21,24H;7-8,14H,4-5,17H2,1-3H3,(H2,18,23);1,3H2,2H3/t14-,15-,18+,19-,20-,21-;;7-,8+,14+,16-,19?;/m0.1./s1. The molecule has 5 fully saturated rings. The molecule has 13 rings (SSSR count). The highest BCUT2D eigenvalue weighted by Gasteiger charge is 2.75. The number of likely N-dealkylation sites (N-methyl/N-ethyl adjacent to an activating group) is 1. The Bertz CT molecular complexity index is 3260. The lowest BCUT2D eigenvalue weighted by molar-refractivity contribution is -0.168. The molecule has 407 valence electrons. The van der Waals surface area contributed by atoms with Gasteiger partial charge in [-0.2, -0.15) is 0 Å². The summed E-state index contributed by atoms with van der Waals surface area (Å²) in [6.45, 7) is 10.6. The average molecular weight is 1060 g/mol. The van der Waals surface area contributed by atoms with Crippen LogP contribution < -0.4 is 11.5 Å². The van der Waals surface area contributed by atoms with Crippen molar-refractivity contribution >= 4 is 81.4 Å². The summed E-state index contributed by atoms with van der Waals surface area (Å²) >= 11 is 0. The number of Topliss-reactive ketones (excluding diaryl/α,β-unsaturated/α-hetero) is 4. The first-order valence-corrected chi connectivity index (χ1v) is 26.6. The van der Waals surface area contributed by atoms with Crippen LogP contribution in [-0.4, -0.2) is 132 Å². The molecule has 8 N–H and O–H groups in total. The first kappa shape index (κ1) is 54.0.